The second kappa shape index (κ2) is 5.34. The first-order chi connectivity index (χ1) is 10.4. The fourth-order valence-corrected chi connectivity index (χ4v) is 2.47. The van der Waals surface area contributed by atoms with Crippen LogP contribution in [0.4, 0.5) is 0 Å². The third-order valence-electron chi connectivity index (χ3n) is 2.88. The fraction of sp³-hybridized carbons (Fsp3) is 0.231. The van der Waals surface area contributed by atoms with Gasteiger partial charge >= 0.3 is 0 Å². The summed E-state index contributed by atoms with van der Waals surface area (Å²) in [5.74, 6) is 1.66. The van der Waals surface area contributed by atoms with E-state index in [1.807, 2.05) is 0 Å². The monoisotopic (exact) mass is 320 g/mol. The van der Waals surface area contributed by atoms with Crippen LogP contribution in [0.25, 0.3) is 11.5 Å². The zero-order valence-electron chi connectivity index (χ0n) is 11.8. The molecule has 0 saturated heterocycles. The topological polar surface area (TPSA) is 112 Å². The number of hydrogen-bond donors (Lipinski definition) is 0. The second-order valence-corrected chi connectivity index (χ2v) is 6.73. The molecule has 0 N–H and O–H groups in total. The molecule has 8 nitrogen and oxygen atoms in total. The summed E-state index contributed by atoms with van der Waals surface area (Å²) in [4.78, 5) is 8.52. The van der Waals surface area contributed by atoms with E-state index in [0.717, 1.165) is 6.26 Å². The van der Waals surface area contributed by atoms with Crippen LogP contribution in [0.2, 0.25) is 0 Å². The van der Waals surface area contributed by atoms with Crippen LogP contribution in [0.3, 0.4) is 0 Å². The number of aromatic nitrogens is 4. The van der Waals surface area contributed by atoms with Gasteiger partial charge in [0.25, 0.3) is 5.89 Å². The van der Waals surface area contributed by atoms with Gasteiger partial charge in [-0.1, -0.05) is 10.3 Å². The third-order valence-corrected chi connectivity index (χ3v) is 4.01. The van der Waals surface area contributed by atoms with Gasteiger partial charge in [-0.2, -0.15) is 9.97 Å². The van der Waals surface area contributed by atoms with Crippen molar-refractivity contribution in [1.29, 1.82) is 0 Å². The van der Waals surface area contributed by atoms with E-state index in [4.69, 9.17) is 9.05 Å². The Morgan fingerprint density at radius 1 is 1.00 bits per heavy atom. The van der Waals surface area contributed by atoms with Gasteiger partial charge in [-0.15, -0.1) is 0 Å². The second-order valence-electron chi connectivity index (χ2n) is 4.72. The van der Waals surface area contributed by atoms with E-state index in [2.05, 4.69) is 20.3 Å². The van der Waals surface area contributed by atoms with Crippen molar-refractivity contribution in [3.8, 4) is 11.5 Å². The van der Waals surface area contributed by atoms with Crippen LogP contribution in [-0.2, 0) is 16.3 Å². The van der Waals surface area contributed by atoms with Crippen molar-refractivity contribution in [2.75, 3.05) is 6.26 Å². The van der Waals surface area contributed by atoms with Gasteiger partial charge in [0, 0.05) is 18.7 Å². The molecular formula is C13H12N4O4S. The number of aryl methyl sites for hydroxylation is 1. The van der Waals surface area contributed by atoms with Gasteiger partial charge in [-0.25, -0.2) is 8.42 Å². The molecular weight excluding hydrogens is 308 g/mol. The highest BCUT2D eigenvalue weighted by Crippen LogP contribution is 2.20. The Kier molecular flexibility index (Phi) is 3.49. The Bertz CT molecular complexity index is 896. The van der Waals surface area contributed by atoms with Gasteiger partial charge in [0.05, 0.1) is 11.3 Å². The highest BCUT2D eigenvalue weighted by Gasteiger charge is 2.13. The van der Waals surface area contributed by atoms with Crippen molar-refractivity contribution in [3.05, 3.63) is 41.8 Å². The summed E-state index contributed by atoms with van der Waals surface area (Å²) in [5, 5.41) is 7.60. The Morgan fingerprint density at radius 3 is 2.23 bits per heavy atom. The zero-order valence-corrected chi connectivity index (χ0v) is 12.7. The van der Waals surface area contributed by atoms with Crippen molar-refractivity contribution in [2.24, 2.45) is 0 Å². The molecule has 0 saturated carbocycles. The predicted molar refractivity (Wildman–Crippen MR) is 74.7 cm³/mol. The van der Waals surface area contributed by atoms with Crippen LogP contribution in [-0.4, -0.2) is 35.0 Å². The molecule has 0 unspecified atom stereocenters. The molecule has 3 aromatic rings. The number of nitrogens with zero attached hydrogens (tertiary/aromatic N) is 4. The van der Waals surface area contributed by atoms with Crippen molar-refractivity contribution < 1.29 is 17.5 Å². The van der Waals surface area contributed by atoms with Crippen LogP contribution >= 0.6 is 0 Å². The number of benzene rings is 1. The quantitative estimate of drug-likeness (QED) is 0.709. The summed E-state index contributed by atoms with van der Waals surface area (Å²) in [6.45, 7) is 1.70. The Morgan fingerprint density at radius 2 is 1.64 bits per heavy atom. The molecule has 9 heteroatoms. The molecule has 114 valence electrons. The summed E-state index contributed by atoms with van der Waals surface area (Å²) < 4.78 is 32.9. The van der Waals surface area contributed by atoms with Crippen molar-refractivity contribution >= 4 is 9.84 Å². The minimum absolute atomic E-state index is 0.235. The number of sulfone groups is 1. The lowest BCUT2D eigenvalue weighted by Gasteiger charge is -1.98. The molecule has 0 spiro atoms. The third kappa shape index (κ3) is 3.03. The van der Waals surface area contributed by atoms with Crippen LogP contribution in [0.1, 0.15) is 17.5 Å². The van der Waals surface area contributed by atoms with Gasteiger partial charge in [-0.3, -0.25) is 0 Å². The lowest BCUT2D eigenvalue weighted by molar-refractivity contribution is 0.387. The molecule has 1 aromatic carbocycles. The summed E-state index contributed by atoms with van der Waals surface area (Å²) in [7, 11) is -3.23. The van der Waals surface area contributed by atoms with Gasteiger partial charge in [0.1, 0.15) is 0 Å². The Balaban J connectivity index is 1.81. The summed E-state index contributed by atoms with van der Waals surface area (Å²) >= 11 is 0. The van der Waals surface area contributed by atoms with Gasteiger partial charge < -0.3 is 9.05 Å². The van der Waals surface area contributed by atoms with Crippen molar-refractivity contribution in [1.82, 2.24) is 20.3 Å². The molecule has 0 amide bonds. The molecule has 0 bridgehead atoms. The molecule has 2 heterocycles. The largest absolute Gasteiger partial charge is 0.340 e. The molecule has 0 radical (unpaired) electrons. The van der Waals surface area contributed by atoms with E-state index in [9.17, 15) is 8.42 Å². The van der Waals surface area contributed by atoms with Crippen LogP contribution < -0.4 is 0 Å². The smallest absolute Gasteiger partial charge is 0.257 e. The fourth-order valence-electron chi connectivity index (χ4n) is 1.84. The van der Waals surface area contributed by atoms with Crippen molar-refractivity contribution in [2.45, 2.75) is 18.2 Å². The van der Waals surface area contributed by atoms with E-state index < -0.39 is 9.84 Å². The first-order valence-electron chi connectivity index (χ1n) is 6.34. The first-order valence-corrected chi connectivity index (χ1v) is 8.23. The molecule has 0 aliphatic rings. The Labute approximate surface area is 126 Å². The first kappa shape index (κ1) is 14.4. The van der Waals surface area contributed by atoms with Crippen LogP contribution in [0, 0.1) is 6.92 Å². The average Bonchev–Trinajstić information content (AvgIpc) is 3.08. The maximum atomic E-state index is 11.4. The van der Waals surface area contributed by atoms with E-state index in [1.165, 1.54) is 12.1 Å². The summed E-state index contributed by atoms with van der Waals surface area (Å²) in [6.07, 6.45) is 1.45. The van der Waals surface area contributed by atoms with E-state index >= 15 is 0 Å². The van der Waals surface area contributed by atoms with Gasteiger partial charge in [-0.05, 0) is 24.3 Å². The zero-order chi connectivity index (χ0) is 15.7. The van der Waals surface area contributed by atoms with Crippen LogP contribution in [0.5, 0.6) is 0 Å². The number of rotatable bonds is 4. The Hall–Kier alpha value is -2.55. The number of hydrogen-bond acceptors (Lipinski definition) is 8. The minimum atomic E-state index is -3.23. The lowest BCUT2D eigenvalue weighted by atomic mass is 10.2. The maximum Gasteiger partial charge on any atom is 0.257 e. The molecule has 0 fully saturated rings. The highest BCUT2D eigenvalue weighted by atomic mass is 32.2. The van der Waals surface area contributed by atoms with E-state index in [-0.39, 0.29) is 4.90 Å². The molecule has 2 aromatic heterocycles. The standard InChI is InChI=1S/C13H12N4O4S/c1-8-14-11(16-20-8)7-12-15-13(21-17-12)9-3-5-10(6-4-9)22(2,18)19/h3-6H,7H2,1-2H3. The van der Waals surface area contributed by atoms with E-state index in [0.29, 0.717) is 35.4 Å². The SMILES string of the molecule is Cc1nc(Cc2noc(-c3ccc(S(C)(=O)=O)cc3)n2)no1. The van der Waals surface area contributed by atoms with Crippen molar-refractivity contribution in [3.63, 3.8) is 0 Å². The molecule has 22 heavy (non-hydrogen) atoms. The molecule has 3 rings (SSSR count). The normalized spacial score (nSPS) is 11.7. The minimum Gasteiger partial charge on any atom is -0.340 e. The average molecular weight is 320 g/mol. The molecule has 0 aliphatic heterocycles. The maximum absolute atomic E-state index is 11.4. The molecule has 0 aliphatic carbocycles. The summed E-state index contributed by atoms with van der Waals surface area (Å²) in [5.41, 5.74) is 0.635. The predicted octanol–water partition coefficient (Wildman–Crippen LogP) is 1.42. The van der Waals surface area contributed by atoms with Crippen LogP contribution in [0.15, 0.2) is 38.2 Å². The molecule has 0 atom stereocenters. The highest BCUT2D eigenvalue weighted by molar-refractivity contribution is 7.90. The van der Waals surface area contributed by atoms with Gasteiger partial charge in [0.2, 0.25) is 5.89 Å². The lowest BCUT2D eigenvalue weighted by Crippen LogP contribution is -1.96. The van der Waals surface area contributed by atoms with E-state index in [1.54, 1.807) is 19.1 Å². The van der Waals surface area contributed by atoms with Gasteiger partial charge in [0.15, 0.2) is 21.5 Å². The summed E-state index contributed by atoms with van der Waals surface area (Å²) in [6, 6.07) is 6.23.